The smallest absolute Gasteiger partial charge is 0.308 e. The summed E-state index contributed by atoms with van der Waals surface area (Å²) in [5.41, 5.74) is 0.456. The standard InChI is InChI=1S/C24H26BrClN2O5/c1-17(29)33-20-6-2-5-18(15-20)24(31)28-11-4-10-27(12-13-28)23(30)7-3-14-32-22-9-8-19(25)16-21(22)26/h2,5-6,8-9,15-16H,3-4,7,10-14H2,1H3. The van der Waals surface area contributed by atoms with Crippen molar-refractivity contribution in [3.63, 3.8) is 0 Å². The van der Waals surface area contributed by atoms with Gasteiger partial charge in [0.25, 0.3) is 5.91 Å². The highest BCUT2D eigenvalue weighted by Gasteiger charge is 2.23. The zero-order chi connectivity index (χ0) is 23.8. The summed E-state index contributed by atoms with van der Waals surface area (Å²) in [5.74, 6) is 0.402. The molecule has 2 amide bonds. The van der Waals surface area contributed by atoms with Gasteiger partial charge in [-0.25, -0.2) is 0 Å². The molecular weight excluding hydrogens is 512 g/mol. The fraction of sp³-hybridized carbons (Fsp3) is 0.375. The molecule has 0 atom stereocenters. The summed E-state index contributed by atoms with van der Waals surface area (Å²) in [5, 5.41) is 0.520. The minimum absolute atomic E-state index is 0.0478. The van der Waals surface area contributed by atoms with Crippen LogP contribution in [0.4, 0.5) is 0 Å². The van der Waals surface area contributed by atoms with E-state index < -0.39 is 5.97 Å². The minimum atomic E-state index is -0.436. The van der Waals surface area contributed by atoms with Crippen LogP contribution in [0, 0.1) is 0 Å². The SMILES string of the molecule is CC(=O)Oc1cccc(C(=O)N2CCCN(C(=O)CCCOc3ccc(Br)cc3Cl)CC2)c1. The summed E-state index contributed by atoms with van der Waals surface area (Å²) < 4.78 is 11.6. The second kappa shape index (κ2) is 12.0. The Morgan fingerprint density at radius 1 is 1.03 bits per heavy atom. The molecule has 2 aromatic carbocycles. The molecule has 33 heavy (non-hydrogen) atoms. The molecule has 2 aromatic rings. The zero-order valence-electron chi connectivity index (χ0n) is 18.4. The molecule has 1 heterocycles. The Labute approximate surface area is 206 Å². The lowest BCUT2D eigenvalue weighted by molar-refractivity contribution is -0.132. The number of carbonyl (C=O) groups is 3. The Balaban J connectivity index is 1.46. The molecule has 9 heteroatoms. The van der Waals surface area contributed by atoms with Gasteiger partial charge in [-0.1, -0.05) is 33.6 Å². The summed E-state index contributed by atoms with van der Waals surface area (Å²) in [7, 11) is 0. The lowest BCUT2D eigenvalue weighted by Crippen LogP contribution is -2.37. The van der Waals surface area contributed by atoms with Crippen molar-refractivity contribution in [3.8, 4) is 11.5 Å². The second-order valence-electron chi connectivity index (χ2n) is 7.67. The Hall–Kier alpha value is -2.58. The van der Waals surface area contributed by atoms with Gasteiger partial charge in [0.05, 0.1) is 11.6 Å². The van der Waals surface area contributed by atoms with Gasteiger partial charge in [-0.3, -0.25) is 14.4 Å². The molecule has 1 aliphatic heterocycles. The van der Waals surface area contributed by atoms with E-state index in [1.807, 2.05) is 6.07 Å². The maximum atomic E-state index is 12.9. The second-order valence-corrected chi connectivity index (χ2v) is 9.00. The van der Waals surface area contributed by atoms with Crippen LogP contribution in [0.1, 0.15) is 36.5 Å². The topological polar surface area (TPSA) is 76.2 Å². The Bertz CT molecular complexity index is 1020. The number of ether oxygens (including phenoxy) is 2. The highest BCUT2D eigenvalue weighted by Crippen LogP contribution is 2.27. The summed E-state index contributed by atoms with van der Waals surface area (Å²) in [4.78, 5) is 40.3. The van der Waals surface area contributed by atoms with Crippen molar-refractivity contribution in [2.24, 2.45) is 0 Å². The predicted molar refractivity (Wildman–Crippen MR) is 129 cm³/mol. The van der Waals surface area contributed by atoms with Crippen LogP contribution in [0.15, 0.2) is 46.9 Å². The third-order valence-electron chi connectivity index (χ3n) is 5.16. The van der Waals surface area contributed by atoms with Crippen LogP contribution in [0.3, 0.4) is 0 Å². The van der Waals surface area contributed by atoms with Crippen LogP contribution in [0.25, 0.3) is 0 Å². The van der Waals surface area contributed by atoms with Gasteiger partial charge in [0, 0.05) is 49.6 Å². The van der Waals surface area contributed by atoms with Crippen LogP contribution in [0.5, 0.6) is 11.5 Å². The van der Waals surface area contributed by atoms with E-state index in [9.17, 15) is 14.4 Å². The molecule has 0 unspecified atom stereocenters. The van der Waals surface area contributed by atoms with Gasteiger partial charge in [-0.2, -0.15) is 0 Å². The van der Waals surface area contributed by atoms with Crippen molar-refractivity contribution < 1.29 is 23.9 Å². The molecule has 0 aliphatic carbocycles. The van der Waals surface area contributed by atoms with Crippen molar-refractivity contribution >= 4 is 45.3 Å². The van der Waals surface area contributed by atoms with Crippen molar-refractivity contribution in [3.05, 3.63) is 57.5 Å². The number of hydrogen-bond acceptors (Lipinski definition) is 5. The van der Waals surface area contributed by atoms with Crippen molar-refractivity contribution in [1.82, 2.24) is 9.80 Å². The summed E-state index contributed by atoms with van der Waals surface area (Å²) in [6.45, 7) is 3.81. The van der Waals surface area contributed by atoms with Crippen molar-refractivity contribution in [2.45, 2.75) is 26.2 Å². The maximum absolute atomic E-state index is 12.9. The number of carbonyl (C=O) groups excluding carboxylic acids is 3. The number of esters is 1. The molecule has 0 bridgehead atoms. The summed E-state index contributed by atoms with van der Waals surface area (Å²) in [6, 6.07) is 12.0. The van der Waals surface area contributed by atoms with E-state index in [2.05, 4.69) is 15.9 Å². The van der Waals surface area contributed by atoms with Gasteiger partial charge in [0.15, 0.2) is 0 Å². The van der Waals surface area contributed by atoms with Gasteiger partial charge in [-0.05, 0) is 49.2 Å². The molecule has 0 saturated carbocycles. The number of nitrogens with zero attached hydrogens (tertiary/aromatic N) is 2. The van der Waals surface area contributed by atoms with Gasteiger partial charge in [0.2, 0.25) is 5.91 Å². The molecule has 0 N–H and O–H groups in total. The molecule has 0 spiro atoms. The summed E-state index contributed by atoms with van der Waals surface area (Å²) in [6.07, 6.45) is 1.64. The number of rotatable bonds is 7. The summed E-state index contributed by atoms with van der Waals surface area (Å²) >= 11 is 9.49. The molecule has 7 nitrogen and oxygen atoms in total. The number of hydrogen-bond donors (Lipinski definition) is 0. The average Bonchev–Trinajstić information content (AvgIpc) is 3.03. The van der Waals surface area contributed by atoms with Gasteiger partial charge >= 0.3 is 5.97 Å². The lowest BCUT2D eigenvalue weighted by atomic mass is 10.2. The first-order valence-corrected chi connectivity index (χ1v) is 11.9. The minimum Gasteiger partial charge on any atom is -0.492 e. The highest BCUT2D eigenvalue weighted by molar-refractivity contribution is 9.10. The molecule has 1 fully saturated rings. The molecule has 1 aliphatic rings. The van der Waals surface area contributed by atoms with E-state index in [1.165, 1.54) is 6.92 Å². The average molecular weight is 538 g/mol. The molecule has 0 radical (unpaired) electrons. The molecule has 0 aromatic heterocycles. The lowest BCUT2D eigenvalue weighted by Gasteiger charge is -2.22. The van der Waals surface area contributed by atoms with E-state index >= 15 is 0 Å². The first-order chi connectivity index (χ1) is 15.8. The van der Waals surface area contributed by atoms with Gasteiger partial charge in [0.1, 0.15) is 11.5 Å². The zero-order valence-corrected chi connectivity index (χ0v) is 20.7. The first-order valence-electron chi connectivity index (χ1n) is 10.8. The monoisotopic (exact) mass is 536 g/mol. The third-order valence-corrected chi connectivity index (χ3v) is 5.95. The quantitative estimate of drug-likeness (QED) is 0.294. The number of amides is 2. The van der Waals surface area contributed by atoms with Crippen LogP contribution >= 0.6 is 27.5 Å². The van der Waals surface area contributed by atoms with E-state index in [0.717, 1.165) is 4.47 Å². The highest BCUT2D eigenvalue weighted by atomic mass is 79.9. The Kier molecular flexibility index (Phi) is 9.14. The van der Waals surface area contributed by atoms with E-state index in [-0.39, 0.29) is 11.8 Å². The van der Waals surface area contributed by atoms with E-state index in [0.29, 0.717) is 74.1 Å². The van der Waals surface area contributed by atoms with Crippen molar-refractivity contribution in [1.29, 1.82) is 0 Å². The van der Waals surface area contributed by atoms with E-state index in [4.69, 9.17) is 21.1 Å². The van der Waals surface area contributed by atoms with E-state index in [1.54, 1.807) is 46.2 Å². The molecule has 176 valence electrons. The van der Waals surface area contributed by atoms with Crippen LogP contribution in [-0.2, 0) is 9.59 Å². The Morgan fingerprint density at radius 3 is 2.55 bits per heavy atom. The maximum Gasteiger partial charge on any atom is 0.308 e. The Morgan fingerprint density at radius 2 is 1.79 bits per heavy atom. The molecule has 1 saturated heterocycles. The van der Waals surface area contributed by atoms with Gasteiger partial charge in [-0.15, -0.1) is 0 Å². The largest absolute Gasteiger partial charge is 0.492 e. The molecule has 3 rings (SSSR count). The fourth-order valence-electron chi connectivity index (χ4n) is 3.57. The normalized spacial score (nSPS) is 13.9. The fourth-order valence-corrected chi connectivity index (χ4v) is 4.29. The van der Waals surface area contributed by atoms with Crippen LogP contribution in [-0.4, -0.2) is 60.4 Å². The predicted octanol–water partition coefficient (Wildman–Crippen LogP) is 4.56. The number of halogens is 2. The number of benzene rings is 2. The van der Waals surface area contributed by atoms with Crippen molar-refractivity contribution in [2.75, 3.05) is 32.8 Å². The first kappa shape index (κ1) is 25.1. The van der Waals surface area contributed by atoms with Crippen LogP contribution in [0.2, 0.25) is 5.02 Å². The van der Waals surface area contributed by atoms with Gasteiger partial charge < -0.3 is 19.3 Å². The van der Waals surface area contributed by atoms with Crippen LogP contribution < -0.4 is 9.47 Å². The third kappa shape index (κ3) is 7.47. The molecular formula is C24H26BrClN2O5.